The molecule has 1 aromatic carbocycles. The summed E-state index contributed by atoms with van der Waals surface area (Å²) in [7, 11) is 1.59. The normalized spacial score (nSPS) is 11.5. The number of alkyl halides is 2. The molecular formula is C18H24F2N6O. The van der Waals surface area contributed by atoms with Crippen LogP contribution in [-0.2, 0) is 13.0 Å². The number of hydrogen-bond acceptors (Lipinski definition) is 3. The van der Waals surface area contributed by atoms with Gasteiger partial charge in [-0.2, -0.15) is 8.78 Å². The van der Waals surface area contributed by atoms with E-state index in [4.69, 9.17) is 0 Å². The molecule has 0 fully saturated rings. The van der Waals surface area contributed by atoms with Crippen molar-refractivity contribution < 1.29 is 13.6 Å². The average molecular weight is 378 g/mol. The van der Waals surface area contributed by atoms with E-state index in [1.165, 1.54) is 12.4 Å². The zero-order valence-electron chi connectivity index (χ0n) is 15.4. The van der Waals surface area contributed by atoms with Crippen molar-refractivity contribution in [1.82, 2.24) is 25.5 Å². The maximum Gasteiger partial charge on any atom is 0.319 e. The fraction of sp³-hybridized carbons (Fsp3) is 0.389. The summed E-state index contributed by atoms with van der Waals surface area (Å²) >= 11 is 0. The minimum Gasteiger partial charge on any atom is -0.357 e. The monoisotopic (exact) mass is 378 g/mol. The molecule has 27 heavy (non-hydrogen) atoms. The van der Waals surface area contributed by atoms with Gasteiger partial charge in [0.25, 0.3) is 5.91 Å². The highest BCUT2D eigenvalue weighted by Gasteiger charge is 2.11. The van der Waals surface area contributed by atoms with Crippen molar-refractivity contribution in [3.05, 3.63) is 53.6 Å². The first-order chi connectivity index (χ1) is 13.0. The summed E-state index contributed by atoms with van der Waals surface area (Å²) in [5.74, 6) is 0.582. The Morgan fingerprint density at radius 1 is 1.33 bits per heavy atom. The average Bonchev–Trinajstić information content (AvgIpc) is 3.14. The van der Waals surface area contributed by atoms with E-state index in [9.17, 15) is 13.6 Å². The molecule has 3 N–H and O–H groups in total. The molecule has 0 aliphatic heterocycles. The van der Waals surface area contributed by atoms with Gasteiger partial charge in [-0.1, -0.05) is 12.1 Å². The Balaban J connectivity index is 1.94. The van der Waals surface area contributed by atoms with Gasteiger partial charge in [0.2, 0.25) is 0 Å². The van der Waals surface area contributed by atoms with Gasteiger partial charge in [-0.25, -0.2) is 9.98 Å². The predicted octanol–water partition coefficient (Wildman–Crippen LogP) is 1.94. The molecular weight excluding hydrogens is 354 g/mol. The van der Waals surface area contributed by atoms with Gasteiger partial charge in [0.05, 0.1) is 0 Å². The lowest BCUT2D eigenvalue weighted by molar-refractivity contribution is 0.0671. The number of carbonyl (C=O) groups excluding carboxylic acids is 1. The van der Waals surface area contributed by atoms with E-state index < -0.39 is 6.55 Å². The summed E-state index contributed by atoms with van der Waals surface area (Å²) < 4.78 is 26.5. The van der Waals surface area contributed by atoms with Crippen LogP contribution in [0.2, 0.25) is 0 Å². The van der Waals surface area contributed by atoms with Crippen LogP contribution < -0.4 is 16.0 Å². The zero-order chi connectivity index (χ0) is 19.6. The molecule has 0 bridgehead atoms. The van der Waals surface area contributed by atoms with E-state index in [1.807, 2.05) is 25.1 Å². The highest BCUT2D eigenvalue weighted by atomic mass is 19.3. The molecule has 0 unspecified atom stereocenters. The number of benzene rings is 1. The van der Waals surface area contributed by atoms with Gasteiger partial charge in [0.15, 0.2) is 5.96 Å². The number of halogens is 2. The number of hydrogen-bond donors (Lipinski definition) is 3. The molecule has 7 nitrogen and oxygen atoms in total. The highest BCUT2D eigenvalue weighted by molar-refractivity contribution is 5.94. The number of amides is 1. The van der Waals surface area contributed by atoms with Crippen LogP contribution in [0.15, 0.2) is 41.7 Å². The smallest absolute Gasteiger partial charge is 0.319 e. The van der Waals surface area contributed by atoms with Gasteiger partial charge in [0.1, 0.15) is 12.4 Å². The van der Waals surface area contributed by atoms with E-state index in [0.717, 1.165) is 10.1 Å². The Morgan fingerprint density at radius 2 is 2.15 bits per heavy atom. The Morgan fingerprint density at radius 3 is 2.85 bits per heavy atom. The van der Waals surface area contributed by atoms with E-state index in [0.29, 0.717) is 31.0 Å². The maximum atomic E-state index is 12.9. The number of aliphatic imine (C=N–C) groups is 1. The summed E-state index contributed by atoms with van der Waals surface area (Å²) in [6, 6.07) is 7.37. The summed E-state index contributed by atoms with van der Waals surface area (Å²) in [6.07, 6.45) is 3.24. The van der Waals surface area contributed by atoms with Crippen LogP contribution in [0.4, 0.5) is 8.78 Å². The van der Waals surface area contributed by atoms with Crippen LogP contribution in [0, 0.1) is 0 Å². The minimum absolute atomic E-state index is 0.0405. The third kappa shape index (κ3) is 6.05. The molecule has 0 atom stereocenters. The zero-order valence-corrected chi connectivity index (χ0v) is 15.4. The largest absolute Gasteiger partial charge is 0.357 e. The Kier molecular flexibility index (Phi) is 7.72. The molecule has 0 radical (unpaired) electrons. The molecule has 0 aliphatic carbocycles. The van der Waals surface area contributed by atoms with Gasteiger partial charge >= 0.3 is 6.55 Å². The molecule has 0 saturated carbocycles. The lowest BCUT2D eigenvalue weighted by atomic mass is 10.1. The lowest BCUT2D eigenvalue weighted by Crippen LogP contribution is -2.38. The quantitative estimate of drug-likeness (QED) is 0.484. The van der Waals surface area contributed by atoms with Crippen LogP contribution >= 0.6 is 0 Å². The molecule has 9 heteroatoms. The standard InChI is InChI=1S/C18H24F2N6O/c1-3-22-18(25-12-15-23-9-10-26(15)17(19)20)24-8-7-13-5-4-6-14(11-13)16(27)21-2/h4-6,9-11,17H,3,7-8,12H2,1-2H3,(H,21,27)(H2,22,24,25). The van der Waals surface area contributed by atoms with Gasteiger partial charge in [-0.05, 0) is 31.0 Å². The third-order valence-corrected chi connectivity index (χ3v) is 3.80. The third-order valence-electron chi connectivity index (χ3n) is 3.80. The molecule has 1 heterocycles. The second-order valence-corrected chi connectivity index (χ2v) is 5.68. The van der Waals surface area contributed by atoms with Crippen molar-refractivity contribution in [1.29, 1.82) is 0 Å². The summed E-state index contributed by atoms with van der Waals surface area (Å²) in [5.41, 5.74) is 1.61. The van der Waals surface area contributed by atoms with Crippen LogP contribution in [0.3, 0.4) is 0 Å². The van der Waals surface area contributed by atoms with Crippen LogP contribution in [0.1, 0.15) is 35.2 Å². The lowest BCUT2D eigenvalue weighted by Gasteiger charge is -2.12. The number of rotatable bonds is 8. The highest BCUT2D eigenvalue weighted by Crippen LogP contribution is 2.12. The van der Waals surface area contributed by atoms with Crippen molar-refractivity contribution in [2.75, 3.05) is 20.1 Å². The topological polar surface area (TPSA) is 83.3 Å². The van der Waals surface area contributed by atoms with Gasteiger partial charge in [0, 0.05) is 38.1 Å². The van der Waals surface area contributed by atoms with Crippen molar-refractivity contribution in [2.45, 2.75) is 26.4 Å². The molecule has 1 aromatic heterocycles. The maximum absolute atomic E-state index is 12.9. The second kappa shape index (κ2) is 10.2. The molecule has 1 amide bonds. The van der Waals surface area contributed by atoms with Gasteiger partial charge in [-0.15, -0.1) is 0 Å². The Labute approximate surface area is 156 Å². The number of carbonyl (C=O) groups is 1. The van der Waals surface area contributed by atoms with E-state index in [2.05, 4.69) is 25.9 Å². The second-order valence-electron chi connectivity index (χ2n) is 5.68. The summed E-state index contributed by atoms with van der Waals surface area (Å²) in [6.45, 7) is 0.539. The number of aromatic nitrogens is 2. The summed E-state index contributed by atoms with van der Waals surface area (Å²) in [5, 5.41) is 8.82. The fourth-order valence-corrected chi connectivity index (χ4v) is 2.47. The molecule has 2 aromatic rings. The van der Waals surface area contributed by atoms with Crippen LogP contribution in [0.5, 0.6) is 0 Å². The number of nitrogens with zero attached hydrogens (tertiary/aromatic N) is 3. The van der Waals surface area contributed by atoms with Gasteiger partial charge in [-0.3, -0.25) is 9.36 Å². The molecule has 0 aliphatic rings. The SMILES string of the molecule is CCNC(=NCc1nccn1C(F)F)NCCc1cccc(C(=O)NC)c1. The molecule has 0 saturated heterocycles. The van der Waals surface area contributed by atoms with E-state index >= 15 is 0 Å². The molecule has 146 valence electrons. The number of nitrogens with one attached hydrogen (secondary N) is 3. The summed E-state index contributed by atoms with van der Waals surface area (Å²) in [4.78, 5) is 19.9. The van der Waals surface area contributed by atoms with Crippen molar-refractivity contribution in [2.24, 2.45) is 4.99 Å². The fourth-order valence-electron chi connectivity index (χ4n) is 2.47. The van der Waals surface area contributed by atoms with Crippen molar-refractivity contribution in [3.8, 4) is 0 Å². The van der Waals surface area contributed by atoms with E-state index in [-0.39, 0.29) is 18.3 Å². The van der Waals surface area contributed by atoms with Crippen molar-refractivity contribution in [3.63, 3.8) is 0 Å². The number of imidazole rings is 1. The Bertz CT molecular complexity index is 775. The first-order valence-corrected chi connectivity index (χ1v) is 8.68. The molecule has 0 spiro atoms. The molecule has 2 rings (SSSR count). The van der Waals surface area contributed by atoms with Gasteiger partial charge < -0.3 is 16.0 Å². The van der Waals surface area contributed by atoms with Crippen molar-refractivity contribution >= 4 is 11.9 Å². The number of guanidine groups is 1. The Hall–Kier alpha value is -2.97. The van der Waals surface area contributed by atoms with E-state index in [1.54, 1.807) is 13.1 Å². The van der Waals surface area contributed by atoms with Crippen LogP contribution in [-0.4, -0.2) is 41.6 Å². The first-order valence-electron chi connectivity index (χ1n) is 8.68. The predicted molar refractivity (Wildman–Crippen MR) is 99.8 cm³/mol. The van der Waals surface area contributed by atoms with Crippen LogP contribution in [0.25, 0.3) is 0 Å². The minimum atomic E-state index is -2.64. The first kappa shape index (κ1) is 20.3.